The number of Topliss-reactive ketones (excluding diaryl/α,β-unsaturated/α-hetero) is 2. The van der Waals surface area contributed by atoms with Gasteiger partial charge in [0.1, 0.15) is 11.6 Å². The van der Waals surface area contributed by atoms with E-state index in [1.807, 2.05) is 6.92 Å². The number of rotatable bonds is 6. The fourth-order valence-corrected chi connectivity index (χ4v) is 2.21. The lowest BCUT2D eigenvalue weighted by Crippen LogP contribution is -2.23. The van der Waals surface area contributed by atoms with Crippen molar-refractivity contribution in [2.75, 3.05) is 0 Å². The molecule has 15 heavy (non-hydrogen) atoms. The Bertz CT molecular complexity index is 262. The van der Waals surface area contributed by atoms with Gasteiger partial charge in [0.05, 0.1) is 0 Å². The first kappa shape index (κ1) is 10.8. The summed E-state index contributed by atoms with van der Waals surface area (Å²) in [5.41, 5.74) is 0. The highest BCUT2D eigenvalue weighted by molar-refractivity contribution is 5.86. The van der Waals surface area contributed by atoms with E-state index in [1.54, 1.807) is 0 Å². The maximum absolute atomic E-state index is 11.7. The molecule has 0 spiro atoms. The second-order valence-corrected chi connectivity index (χ2v) is 5.21. The van der Waals surface area contributed by atoms with Gasteiger partial charge in [-0.3, -0.25) is 9.59 Å². The molecule has 1 unspecified atom stereocenters. The van der Waals surface area contributed by atoms with E-state index in [1.165, 1.54) is 6.42 Å². The van der Waals surface area contributed by atoms with E-state index in [4.69, 9.17) is 0 Å². The molecule has 0 amide bonds. The number of hydrogen-bond donors (Lipinski definition) is 0. The highest BCUT2D eigenvalue weighted by atomic mass is 16.1. The van der Waals surface area contributed by atoms with Gasteiger partial charge >= 0.3 is 0 Å². The maximum Gasteiger partial charge on any atom is 0.138 e. The van der Waals surface area contributed by atoms with Crippen LogP contribution in [0.5, 0.6) is 0 Å². The van der Waals surface area contributed by atoms with Gasteiger partial charge in [0.25, 0.3) is 0 Å². The zero-order valence-corrected chi connectivity index (χ0v) is 9.50. The van der Waals surface area contributed by atoms with Crippen LogP contribution in [0, 0.1) is 17.8 Å². The highest BCUT2D eigenvalue weighted by Crippen LogP contribution is 2.34. The second kappa shape index (κ2) is 4.46. The van der Waals surface area contributed by atoms with E-state index in [0.717, 1.165) is 32.1 Å². The Labute approximate surface area is 91.4 Å². The van der Waals surface area contributed by atoms with Crippen molar-refractivity contribution in [3.63, 3.8) is 0 Å². The van der Waals surface area contributed by atoms with Gasteiger partial charge in [0.2, 0.25) is 0 Å². The van der Waals surface area contributed by atoms with Crippen molar-refractivity contribution < 1.29 is 9.59 Å². The third-order valence-corrected chi connectivity index (χ3v) is 3.85. The van der Waals surface area contributed by atoms with Gasteiger partial charge in [0.15, 0.2) is 0 Å². The predicted molar refractivity (Wildman–Crippen MR) is 58.5 cm³/mol. The van der Waals surface area contributed by atoms with Gasteiger partial charge in [0, 0.05) is 24.2 Å². The van der Waals surface area contributed by atoms with E-state index in [0.29, 0.717) is 29.8 Å². The van der Waals surface area contributed by atoms with Crippen molar-refractivity contribution in [3.05, 3.63) is 0 Å². The van der Waals surface area contributed by atoms with Crippen LogP contribution in [0.1, 0.15) is 51.9 Å². The van der Waals surface area contributed by atoms with Crippen LogP contribution in [0.3, 0.4) is 0 Å². The van der Waals surface area contributed by atoms with E-state index >= 15 is 0 Å². The summed E-state index contributed by atoms with van der Waals surface area (Å²) in [4.78, 5) is 23.3. The van der Waals surface area contributed by atoms with Crippen molar-refractivity contribution in [1.29, 1.82) is 0 Å². The first-order valence-electron chi connectivity index (χ1n) is 6.25. The molecule has 2 rings (SSSR count). The first-order valence-corrected chi connectivity index (χ1v) is 6.25. The van der Waals surface area contributed by atoms with E-state index in [9.17, 15) is 9.59 Å². The van der Waals surface area contributed by atoms with E-state index < -0.39 is 0 Å². The first-order chi connectivity index (χ1) is 7.18. The maximum atomic E-state index is 11.7. The molecule has 0 radical (unpaired) electrons. The molecule has 2 nitrogen and oxygen atoms in total. The Morgan fingerprint density at radius 1 is 1.13 bits per heavy atom. The van der Waals surface area contributed by atoms with Gasteiger partial charge in [-0.15, -0.1) is 0 Å². The summed E-state index contributed by atoms with van der Waals surface area (Å²) in [5, 5.41) is 0. The summed E-state index contributed by atoms with van der Waals surface area (Å²) in [6, 6.07) is 0. The van der Waals surface area contributed by atoms with Gasteiger partial charge in [-0.2, -0.15) is 0 Å². The highest BCUT2D eigenvalue weighted by Gasteiger charge is 2.33. The molecule has 1 atom stereocenters. The van der Waals surface area contributed by atoms with Crippen molar-refractivity contribution in [2.24, 2.45) is 17.8 Å². The summed E-state index contributed by atoms with van der Waals surface area (Å²) in [5.74, 6) is 1.60. The Hall–Kier alpha value is -0.660. The molecule has 2 aliphatic carbocycles. The summed E-state index contributed by atoms with van der Waals surface area (Å²) >= 11 is 0. The standard InChI is InChI=1S/C13H20O2/c1-9(13(15)11-6-7-11)5-8-12(14)10-3-2-4-10/h9-11H,2-8H2,1H3. The number of carbonyl (C=O) groups is 2. The molecule has 2 saturated carbocycles. The molecule has 0 aromatic rings. The number of carbonyl (C=O) groups excluding carboxylic acids is 2. The SMILES string of the molecule is CC(CCC(=O)C1CCC1)C(=O)C1CC1. The minimum Gasteiger partial charge on any atom is -0.299 e. The quantitative estimate of drug-likeness (QED) is 0.672. The van der Waals surface area contributed by atoms with Gasteiger partial charge in [-0.25, -0.2) is 0 Å². The molecule has 0 aromatic carbocycles. The molecular formula is C13H20O2. The molecule has 2 heteroatoms. The molecule has 0 heterocycles. The Morgan fingerprint density at radius 3 is 2.27 bits per heavy atom. The van der Waals surface area contributed by atoms with Crippen molar-refractivity contribution in [1.82, 2.24) is 0 Å². The fraction of sp³-hybridized carbons (Fsp3) is 0.846. The van der Waals surface area contributed by atoms with Crippen LogP contribution in [0.4, 0.5) is 0 Å². The lowest BCUT2D eigenvalue weighted by atomic mass is 9.80. The van der Waals surface area contributed by atoms with Crippen LogP contribution >= 0.6 is 0 Å². The van der Waals surface area contributed by atoms with Crippen LogP contribution in [0.2, 0.25) is 0 Å². The number of hydrogen-bond acceptors (Lipinski definition) is 2. The molecule has 0 aromatic heterocycles. The minimum atomic E-state index is 0.113. The Morgan fingerprint density at radius 2 is 1.80 bits per heavy atom. The normalized spacial score (nSPS) is 23.3. The summed E-state index contributed by atoms with van der Waals surface area (Å²) in [6.07, 6.45) is 6.97. The van der Waals surface area contributed by atoms with Crippen LogP contribution in [-0.4, -0.2) is 11.6 Å². The largest absolute Gasteiger partial charge is 0.299 e. The van der Waals surface area contributed by atoms with Gasteiger partial charge in [-0.1, -0.05) is 13.3 Å². The minimum absolute atomic E-state index is 0.113. The van der Waals surface area contributed by atoms with Crippen molar-refractivity contribution in [2.45, 2.75) is 51.9 Å². The lowest BCUT2D eigenvalue weighted by molar-refractivity contribution is -0.126. The number of ketones is 2. The van der Waals surface area contributed by atoms with Crippen LogP contribution in [-0.2, 0) is 9.59 Å². The van der Waals surface area contributed by atoms with E-state index in [2.05, 4.69) is 0 Å². The molecule has 84 valence electrons. The summed E-state index contributed by atoms with van der Waals surface area (Å²) in [6.45, 7) is 1.98. The third-order valence-electron chi connectivity index (χ3n) is 3.85. The molecular weight excluding hydrogens is 188 g/mol. The molecule has 2 aliphatic rings. The van der Waals surface area contributed by atoms with Gasteiger partial charge < -0.3 is 0 Å². The summed E-state index contributed by atoms with van der Waals surface area (Å²) in [7, 11) is 0. The molecule has 0 N–H and O–H groups in total. The van der Waals surface area contributed by atoms with Crippen LogP contribution in [0.25, 0.3) is 0 Å². The average Bonchev–Trinajstić information content (AvgIpc) is 2.93. The molecule has 0 saturated heterocycles. The van der Waals surface area contributed by atoms with E-state index in [-0.39, 0.29) is 5.92 Å². The molecule has 0 aliphatic heterocycles. The second-order valence-electron chi connectivity index (χ2n) is 5.21. The van der Waals surface area contributed by atoms with Crippen molar-refractivity contribution >= 4 is 11.6 Å². The smallest absolute Gasteiger partial charge is 0.138 e. The average molecular weight is 208 g/mol. The van der Waals surface area contributed by atoms with Crippen molar-refractivity contribution in [3.8, 4) is 0 Å². The monoisotopic (exact) mass is 208 g/mol. The Balaban J connectivity index is 1.67. The van der Waals surface area contributed by atoms with Gasteiger partial charge in [-0.05, 0) is 32.1 Å². The zero-order chi connectivity index (χ0) is 10.8. The Kier molecular flexibility index (Phi) is 3.22. The van der Waals surface area contributed by atoms with Crippen LogP contribution < -0.4 is 0 Å². The predicted octanol–water partition coefficient (Wildman–Crippen LogP) is 2.75. The summed E-state index contributed by atoms with van der Waals surface area (Å²) < 4.78 is 0. The molecule has 2 fully saturated rings. The zero-order valence-electron chi connectivity index (χ0n) is 9.50. The molecule has 0 bridgehead atoms. The lowest BCUT2D eigenvalue weighted by Gasteiger charge is -2.24. The topological polar surface area (TPSA) is 34.1 Å². The van der Waals surface area contributed by atoms with Crippen LogP contribution in [0.15, 0.2) is 0 Å². The third kappa shape index (κ3) is 2.67. The fourth-order valence-electron chi connectivity index (χ4n) is 2.21.